The van der Waals surface area contributed by atoms with Crippen LogP contribution >= 0.6 is 0 Å². The van der Waals surface area contributed by atoms with Crippen molar-refractivity contribution in [3.63, 3.8) is 0 Å². The van der Waals surface area contributed by atoms with Gasteiger partial charge in [0.15, 0.2) is 6.04 Å². The molecule has 0 heterocycles. The molecule has 1 aromatic rings. The predicted molar refractivity (Wildman–Crippen MR) is 62.1 cm³/mol. The highest BCUT2D eigenvalue weighted by molar-refractivity contribution is 5.82. The van der Waals surface area contributed by atoms with Crippen LogP contribution in [-0.4, -0.2) is 29.6 Å². The first-order valence-corrected chi connectivity index (χ1v) is 5.60. The summed E-state index contributed by atoms with van der Waals surface area (Å²) in [6.07, 6.45) is -4.90. The molecule has 0 aliphatic rings. The molecule has 0 aromatic heterocycles. The van der Waals surface area contributed by atoms with Crippen LogP contribution in [0.1, 0.15) is 12.5 Å². The van der Waals surface area contributed by atoms with Gasteiger partial charge in [-0.15, -0.1) is 0 Å². The zero-order chi connectivity index (χ0) is 16.2. The number of hydrogen-bond acceptors (Lipinski definition) is 3. The molecule has 0 bridgehead atoms. The number of amides is 1. The number of carbonyl (C=O) groups is 2. The summed E-state index contributed by atoms with van der Waals surface area (Å²) >= 11 is 0. The van der Waals surface area contributed by atoms with Crippen LogP contribution < -0.4 is 10.1 Å². The second-order valence-electron chi connectivity index (χ2n) is 4.04. The van der Waals surface area contributed by atoms with Crippen molar-refractivity contribution in [2.75, 3.05) is 6.61 Å². The van der Waals surface area contributed by atoms with E-state index in [9.17, 15) is 27.2 Å². The minimum Gasteiger partial charge on any atom is -0.491 e. The van der Waals surface area contributed by atoms with E-state index in [1.807, 2.05) is 5.32 Å². The Morgan fingerprint density at radius 3 is 2.48 bits per heavy atom. The number of ether oxygens (including phenoxy) is 1. The molecule has 9 heteroatoms. The van der Waals surface area contributed by atoms with Crippen molar-refractivity contribution in [2.45, 2.75) is 19.1 Å². The lowest BCUT2D eigenvalue weighted by Gasteiger charge is -2.15. The van der Waals surface area contributed by atoms with E-state index in [4.69, 9.17) is 9.84 Å². The van der Waals surface area contributed by atoms with E-state index in [-0.39, 0.29) is 5.75 Å². The number of hydrogen-bond donors (Lipinski definition) is 2. The Labute approximate surface area is 116 Å². The molecule has 0 saturated carbocycles. The minimum atomic E-state index is -4.90. The van der Waals surface area contributed by atoms with Crippen LogP contribution in [0.25, 0.3) is 0 Å². The summed E-state index contributed by atoms with van der Waals surface area (Å²) in [5.74, 6) is -3.88. The molecule has 0 fully saturated rings. The van der Waals surface area contributed by atoms with E-state index < -0.39 is 42.1 Å². The molecule has 5 nitrogen and oxygen atoms in total. The maximum absolute atomic E-state index is 13.0. The Morgan fingerprint density at radius 2 is 2.00 bits per heavy atom. The average molecular weight is 309 g/mol. The quantitative estimate of drug-likeness (QED) is 0.814. The molecular weight excluding hydrogens is 298 g/mol. The first-order chi connectivity index (χ1) is 9.61. The van der Waals surface area contributed by atoms with Gasteiger partial charge in [-0.1, -0.05) is 0 Å². The lowest BCUT2D eigenvalue weighted by Crippen LogP contribution is -2.43. The smallest absolute Gasteiger partial charge is 0.419 e. The molecule has 1 amide bonds. The molecule has 0 aliphatic heterocycles. The molecule has 0 spiro atoms. The summed E-state index contributed by atoms with van der Waals surface area (Å²) in [4.78, 5) is 21.6. The van der Waals surface area contributed by atoms with Crippen LogP contribution in [0.3, 0.4) is 0 Å². The van der Waals surface area contributed by atoms with Gasteiger partial charge in [-0.25, -0.2) is 9.18 Å². The van der Waals surface area contributed by atoms with Gasteiger partial charge in [-0.05, 0) is 18.2 Å². The van der Waals surface area contributed by atoms with Crippen molar-refractivity contribution >= 4 is 11.9 Å². The molecule has 116 valence electrons. The summed E-state index contributed by atoms with van der Waals surface area (Å²) in [6.45, 7) is 0.480. The van der Waals surface area contributed by atoms with E-state index in [0.717, 1.165) is 13.0 Å². The van der Waals surface area contributed by atoms with Gasteiger partial charge in [0.05, 0.1) is 5.56 Å². The van der Waals surface area contributed by atoms with Crippen LogP contribution in [0.15, 0.2) is 18.2 Å². The largest absolute Gasteiger partial charge is 0.491 e. The van der Waals surface area contributed by atoms with E-state index >= 15 is 0 Å². The Balaban J connectivity index is 2.84. The fourth-order valence-electron chi connectivity index (χ4n) is 1.41. The second kappa shape index (κ2) is 6.42. The number of rotatable bonds is 5. The third-order valence-electron chi connectivity index (χ3n) is 2.34. The number of carbonyl (C=O) groups excluding carboxylic acids is 1. The van der Waals surface area contributed by atoms with E-state index in [2.05, 4.69) is 0 Å². The summed E-state index contributed by atoms with van der Waals surface area (Å²) < 4.78 is 55.3. The maximum atomic E-state index is 13.0. The maximum Gasteiger partial charge on any atom is 0.419 e. The minimum absolute atomic E-state index is 0.361. The first-order valence-electron chi connectivity index (χ1n) is 5.60. The Hall–Kier alpha value is -2.32. The highest BCUT2D eigenvalue weighted by Crippen LogP contribution is 2.33. The zero-order valence-electron chi connectivity index (χ0n) is 10.7. The van der Waals surface area contributed by atoms with Crippen LogP contribution in [0, 0.1) is 5.82 Å². The fraction of sp³-hybridized carbons (Fsp3) is 0.333. The lowest BCUT2D eigenvalue weighted by molar-refractivity contribution is -0.142. The van der Waals surface area contributed by atoms with Crippen molar-refractivity contribution in [1.29, 1.82) is 0 Å². The van der Waals surface area contributed by atoms with Gasteiger partial charge in [0.25, 0.3) is 0 Å². The third kappa shape index (κ3) is 4.93. The number of halogens is 4. The number of carboxylic acid groups (broad SMARTS) is 1. The third-order valence-corrected chi connectivity index (χ3v) is 2.34. The van der Waals surface area contributed by atoms with Crippen molar-refractivity contribution < 1.29 is 37.0 Å². The molecule has 0 aliphatic carbocycles. The highest BCUT2D eigenvalue weighted by Gasteiger charge is 2.34. The topological polar surface area (TPSA) is 75.6 Å². The molecule has 1 rings (SSSR count). The second-order valence-corrected chi connectivity index (χ2v) is 4.04. The van der Waals surface area contributed by atoms with Gasteiger partial charge in [-0.2, -0.15) is 13.2 Å². The molecule has 1 unspecified atom stereocenters. The zero-order valence-corrected chi connectivity index (χ0v) is 10.7. The standard InChI is InChI=1S/C12H11F4NO4/c1-6(18)17-10(11(19)20)5-21-7-2-3-9(13)8(4-7)12(14,15)16/h2-4,10H,5H2,1H3,(H,17,18)(H,19,20). The number of nitrogens with one attached hydrogen (secondary N) is 1. The van der Waals surface area contributed by atoms with Gasteiger partial charge in [0, 0.05) is 6.92 Å². The van der Waals surface area contributed by atoms with E-state index in [1.165, 1.54) is 0 Å². The van der Waals surface area contributed by atoms with Crippen LogP contribution in [0.5, 0.6) is 5.75 Å². The van der Waals surface area contributed by atoms with Crippen LogP contribution in [0.2, 0.25) is 0 Å². The molecule has 21 heavy (non-hydrogen) atoms. The van der Waals surface area contributed by atoms with Crippen molar-refractivity contribution in [3.05, 3.63) is 29.6 Å². The normalized spacial score (nSPS) is 12.6. The molecule has 0 saturated heterocycles. The number of aliphatic carboxylic acids is 1. The van der Waals surface area contributed by atoms with E-state index in [0.29, 0.717) is 12.1 Å². The average Bonchev–Trinajstić information content (AvgIpc) is 2.33. The number of benzene rings is 1. The summed E-state index contributed by atoms with van der Waals surface area (Å²) in [5, 5.41) is 10.8. The van der Waals surface area contributed by atoms with Crippen LogP contribution in [0.4, 0.5) is 17.6 Å². The molecule has 1 atom stereocenters. The highest BCUT2D eigenvalue weighted by atomic mass is 19.4. The molecule has 2 N–H and O–H groups in total. The molecular formula is C12H11F4NO4. The molecule has 0 radical (unpaired) electrons. The van der Waals surface area contributed by atoms with E-state index in [1.54, 1.807) is 0 Å². The van der Waals surface area contributed by atoms with Crippen molar-refractivity contribution in [2.24, 2.45) is 0 Å². The first kappa shape index (κ1) is 16.7. The van der Waals surface area contributed by atoms with Gasteiger partial charge < -0.3 is 15.2 Å². The van der Waals surface area contributed by atoms with Crippen LogP contribution in [-0.2, 0) is 15.8 Å². The summed E-state index contributed by atoms with van der Waals surface area (Å²) in [7, 11) is 0. The Bertz CT molecular complexity index is 545. The lowest BCUT2D eigenvalue weighted by atomic mass is 10.2. The van der Waals surface area contributed by atoms with Gasteiger partial charge in [0.2, 0.25) is 5.91 Å². The number of alkyl halides is 3. The van der Waals surface area contributed by atoms with Crippen molar-refractivity contribution in [1.82, 2.24) is 5.32 Å². The predicted octanol–water partition coefficient (Wildman–Crippen LogP) is 1.81. The Morgan fingerprint density at radius 1 is 1.38 bits per heavy atom. The SMILES string of the molecule is CC(=O)NC(COc1ccc(F)c(C(F)(F)F)c1)C(=O)O. The summed E-state index contributed by atoms with van der Waals surface area (Å²) in [6, 6.07) is 0.480. The molecule has 1 aromatic carbocycles. The summed E-state index contributed by atoms with van der Waals surface area (Å²) in [5.41, 5.74) is -1.52. The van der Waals surface area contributed by atoms with Gasteiger partial charge in [-0.3, -0.25) is 4.79 Å². The van der Waals surface area contributed by atoms with Gasteiger partial charge >= 0.3 is 12.1 Å². The Kier molecular flexibility index (Phi) is 5.12. The number of carboxylic acids is 1. The monoisotopic (exact) mass is 309 g/mol. The van der Waals surface area contributed by atoms with Gasteiger partial charge in [0.1, 0.15) is 18.2 Å². The fourth-order valence-corrected chi connectivity index (χ4v) is 1.41. The van der Waals surface area contributed by atoms with Crippen molar-refractivity contribution in [3.8, 4) is 5.75 Å².